The van der Waals surface area contributed by atoms with Crippen LogP contribution >= 0.6 is 0 Å². The molecule has 0 spiro atoms. The molecule has 0 saturated carbocycles. The lowest BCUT2D eigenvalue weighted by atomic mass is 10.1. The van der Waals surface area contributed by atoms with Gasteiger partial charge in [-0.15, -0.1) is 0 Å². The van der Waals surface area contributed by atoms with E-state index in [4.69, 9.17) is 4.74 Å². The quantitative estimate of drug-likeness (QED) is 0.717. The summed E-state index contributed by atoms with van der Waals surface area (Å²) in [5.74, 6) is 0.905. The summed E-state index contributed by atoms with van der Waals surface area (Å²) < 4.78 is 5.91. The summed E-state index contributed by atoms with van der Waals surface area (Å²) in [5, 5.41) is 4.11. The van der Waals surface area contributed by atoms with Crippen molar-refractivity contribution in [3.63, 3.8) is 0 Å². The van der Waals surface area contributed by atoms with Crippen LogP contribution in [0.4, 0.5) is 0 Å². The predicted molar refractivity (Wildman–Crippen MR) is 101 cm³/mol. The Morgan fingerprint density at radius 3 is 2.60 bits per heavy atom. The number of hydrogen-bond acceptors (Lipinski definition) is 2. The van der Waals surface area contributed by atoms with Crippen LogP contribution < -0.4 is 10.1 Å². The Morgan fingerprint density at radius 1 is 1.12 bits per heavy atom. The van der Waals surface area contributed by atoms with E-state index in [-0.39, 0.29) is 11.9 Å². The fraction of sp³-hybridized carbons (Fsp3) is 0.286. The molecule has 0 fully saturated rings. The van der Waals surface area contributed by atoms with Crippen LogP contribution in [-0.2, 0) is 11.2 Å². The van der Waals surface area contributed by atoms with Gasteiger partial charge in [0.25, 0.3) is 0 Å². The van der Waals surface area contributed by atoms with Crippen LogP contribution in [0.5, 0.6) is 5.75 Å². The first-order valence-electron chi connectivity index (χ1n) is 8.58. The van der Waals surface area contributed by atoms with Gasteiger partial charge in [-0.25, -0.2) is 0 Å². The van der Waals surface area contributed by atoms with Crippen molar-refractivity contribution in [3.8, 4) is 5.75 Å². The summed E-state index contributed by atoms with van der Waals surface area (Å²) in [6.07, 6.45) is 2.26. The fourth-order valence-corrected chi connectivity index (χ4v) is 3.05. The van der Waals surface area contributed by atoms with Crippen molar-refractivity contribution < 1.29 is 9.53 Å². The van der Waals surface area contributed by atoms with E-state index in [1.807, 2.05) is 69.4 Å². The number of benzene rings is 2. The van der Waals surface area contributed by atoms with Gasteiger partial charge in [0.1, 0.15) is 12.4 Å². The minimum absolute atomic E-state index is 0.00218. The number of hydrogen-bond donors (Lipinski definition) is 2. The summed E-state index contributed by atoms with van der Waals surface area (Å²) in [6, 6.07) is 14.0. The molecule has 1 heterocycles. The molecule has 2 aromatic carbocycles. The third kappa shape index (κ3) is 4.02. The number of carbonyl (C=O) groups excluding carboxylic acids is 1. The zero-order chi connectivity index (χ0) is 17.8. The Hall–Kier alpha value is -2.75. The molecule has 0 aliphatic heterocycles. The number of fused-ring (bicyclic) bond motifs is 1. The number of carbonyl (C=O) groups is 1. The molecule has 0 bridgehead atoms. The first kappa shape index (κ1) is 17.1. The van der Waals surface area contributed by atoms with Crippen LogP contribution in [0.2, 0.25) is 0 Å². The molecule has 0 radical (unpaired) electrons. The van der Waals surface area contributed by atoms with Crippen molar-refractivity contribution in [1.29, 1.82) is 0 Å². The van der Waals surface area contributed by atoms with Crippen LogP contribution in [-0.4, -0.2) is 23.5 Å². The van der Waals surface area contributed by atoms with Crippen LogP contribution in [0.25, 0.3) is 10.9 Å². The number of rotatable bonds is 6. The van der Waals surface area contributed by atoms with Gasteiger partial charge in [-0.1, -0.05) is 36.4 Å². The highest BCUT2D eigenvalue weighted by molar-refractivity contribution is 5.88. The highest BCUT2D eigenvalue weighted by Crippen LogP contribution is 2.22. The minimum atomic E-state index is -0.0586. The zero-order valence-electron chi connectivity index (χ0n) is 14.9. The number of amides is 1. The van der Waals surface area contributed by atoms with Crippen molar-refractivity contribution in [3.05, 3.63) is 65.4 Å². The van der Waals surface area contributed by atoms with Crippen molar-refractivity contribution in [2.75, 3.05) is 6.61 Å². The van der Waals surface area contributed by atoms with E-state index in [9.17, 15) is 4.79 Å². The first-order valence-corrected chi connectivity index (χ1v) is 8.58. The van der Waals surface area contributed by atoms with E-state index in [0.29, 0.717) is 13.0 Å². The highest BCUT2D eigenvalue weighted by atomic mass is 16.5. The molecule has 0 aliphatic rings. The van der Waals surface area contributed by atoms with Gasteiger partial charge in [-0.05, 0) is 43.5 Å². The molecule has 1 unspecified atom stereocenters. The molecule has 0 aliphatic carbocycles. The predicted octanol–water partition coefficient (Wildman–Crippen LogP) is 3.91. The number of para-hydroxylation sites is 2. The lowest BCUT2D eigenvalue weighted by molar-refractivity contribution is -0.121. The summed E-state index contributed by atoms with van der Waals surface area (Å²) in [7, 11) is 0. The summed E-state index contributed by atoms with van der Waals surface area (Å²) in [4.78, 5) is 15.5. The molecule has 130 valence electrons. The Morgan fingerprint density at radius 2 is 1.84 bits per heavy atom. The topological polar surface area (TPSA) is 54.1 Å². The number of nitrogens with one attached hydrogen (secondary N) is 2. The standard InChI is InChI=1S/C21H24N2O2/c1-14-7-6-8-15(2)21(14)25-13-16(3)23-20(24)11-17-12-22-19-10-5-4-9-18(17)19/h4-10,12,16,22H,11,13H2,1-3H3,(H,23,24). The SMILES string of the molecule is Cc1cccc(C)c1OCC(C)NC(=O)Cc1c[nH]c2ccccc12. The van der Waals surface area contributed by atoms with E-state index < -0.39 is 0 Å². The summed E-state index contributed by atoms with van der Waals surface area (Å²) in [5.41, 5.74) is 4.28. The number of ether oxygens (including phenoxy) is 1. The van der Waals surface area contributed by atoms with Gasteiger partial charge in [0.15, 0.2) is 0 Å². The number of aromatic nitrogens is 1. The molecule has 4 nitrogen and oxygen atoms in total. The highest BCUT2D eigenvalue weighted by Gasteiger charge is 2.12. The van der Waals surface area contributed by atoms with E-state index in [2.05, 4.69) is 10.3 Å². The third-order valence-electron chi connectivity index (χ3n) is 4.32. The Balaban J connectivity index is 1.56. The maximum atomic E-state index is 12.3. The van der Waals surface area contributed by atoms with Crippen LogP contribution in [0.1, 0.15) is 23.6 Å². The lowest BCUT2D eigenvalue weighted by Crippen LogP contribution is -2.37. The third-order valence-corrected chi connectivity index (χ3v) is 4.32. The average molecular weight is 336 g/mol. The Labute approximate surface area is 148 Å². The monoisotopic (exact) mass is 336 g/mol. The number of H-pyrrole nitrogens is 1. The van der Waals surface area contributed by atoms with Crippen LogP contribution in [0.15, 0.2) is 48.7 Å². The zero-order valence-corrected chi connectivity index (χ0v) is 14.9. The van der Waals surface area contributed by atoms with Crippen LogP contribution in [0, 0.1) is 13.8 Å². The second kappa shape index (κ2) is 7.43. The Kier molecular flexibility index (Phi) is 5.08. The molecular weight excluding hydrogens is 312 g/mol. The van der Waals surface area contributed by atoms with Gasteiger partial charge < -0.3 is 15.0 Å². The molecule has 0 saturated heterocycles. The van der Waals surface area contributed by atoms with E-state index in [1.165, 1.54) is 0 Å². The normalized spacial score (nSPS) is 12.1. The molecule has 3 aromatic rings. The molecule has 4 heteroatoms. The Bertz CT molecular complexity index is 862. The second-order valence-corrected chi connectivity index (χ2v) is 6.54. The molecule has 1 amide bonds. The smallest absolute Gasteiger partial charge is 0.224 e. The largest absolute Gasteiger partial charge is 0.491 e. The van der Waals surface area contributed by atoms with Gasteiger partial charge in [-0.2, -0.15) is 0 Å². The van der Waals surface area contributed by atoms with Gasteiger partial charge >= 0.3 is 0 Å². The van der Waals surface area contributed by atoms with Crippen molar-refractivity contribution >= 4 is 16.8 Å². The van der Waals surface area contributed by atoms with Gasteiger partial charge in [-0.3, -0.25) is 4.79 Å². The van der Waals surface area contributed by atoms with Crippen molar-refractivity contribution in [2.45, 2.75) is 33.2 Å². The molecule has 3 rings (SSSR count). The van der Waals surface area contributed by atoms with E-state index in [1.54, 1.807) is 0 Å². The molecule has 1 aromatic heterocycles. The molecule has 2 N–H and O–H groups in total. The maximum Gasteiger partial charge on any atom is 0.224 e. The number of aromatic amines is 1. The van der Waals surface area contributed by atoms with Gasteiger partial charge in [0.05, 0.1) is 12.5 Å². The average Bonchev–Trinajstić information content (AvgIpc) is 2.97. The van der Waals surface area contributed by atoms with E-state index >= 15 is 0 Å². The van der Waals surface area contributed by atoms with E-state index in [0.717, 1.165) is 33.3 Å². The molecule has 1 atom stereocenters. The van der Waals surface area contributed by atoms with Crippen LogP contribution in [0.3, 0.4) is 0 Å². The molecular formula is C21H24N2O2. The minimum Gasteiger partial charge on any atom is -0.491 e. The summed E-state index contributed by atoms with van der Waals surface area (Å²) >= 11 is 0. The maximum absolute atomic E-state index is 12.3. The van der Waals surface area contributed by atoms with Crippen molar-refractivity contribution in [1.82, 2.24) is 10.3 Å². The summed E-state index contributed by atoms with van der Waals surface area (Å²) in [6.45, 7) is 6.47. The van der Waals surface area contributed by atoms with Crippen molar-refractivity contribution in [2.24, 2.45) is 0 Å². The van der Waals surface area contributed by atoms with Gasteiger partial charge in [0, 0.05) is 17.1 Å². The van der Waals surface area contributed by atoms with Gasteiger partial charge in [0.2, 0.25) is 5.91 Å². The second-order valence-electron chi connectivity index (χ2n) is 6.54. The number of aryl methyl sites for hydroxylation is 2. The lowest BCUT2D eigenvalue weighted by Gasteiger charge is -2.17. The molecule has 25 heavy (non-hydrogen) atoms. The first-order chi connectivity index (χ1) is 12.0. The fourth-order valence-electron chi connectivity index (χ4n) is 3.05.